The van der Waals surface area contributed by atoms with E-state index in [2.05, 4.69) is 45.0 Å². The van der Waals surface area contributed by atoms with Crippen LogP contribution in [0.25, 0.3) is 0 Å². The summed E-state index contributed by atoms with van der Waals surface area (Å²) in [7, 11) is 1.34. The number of carbonyl (C=O) groups excluding carboxylic acids is 1. The van der Waals surface area contributed by atoms with Gasteiger partial charge in [-0.1, -0.05) is 41.1 Å². The van der Waals surface area contributed by atoms with E-state index in [-0.39, 0.29) is 0 Å². The average molecular weight is 378 g/mol. The van der Waals surface area contributed by atoms with E-state index in [9.17, 15) is 4.79 Å². The summed E-state index contributed by atoms with van der Waals surface area (Å²) >= 11 is 3.50. The van der Waals surface area contributed by atoms with E-state index in [4.69, 9.17) is 4.74 Å². The second-order valence-electron chi connectivity index (χ2n) is 5.12. The highest BCUT2D eigenvalue weighted by Crippen LogP contribution is 2.28. The van der Waals surface area contributed by atoms with Crippen LogP contribution in [0.5, 0.6) is 5.75 Å². The lowest BCUT2D eigenvalue weighted by Crippen LogP contribution is -2.13. The minimum absolute atomic E-state index is 0.340. The van der Waals surface area contributed by atoms with E-state index >= 15 is 0 Å². The highest BCUT2D eigenvalue weighted by molar-refractivity contribution is 9.10. The van der Waals surface area contributed by atoms with Crippen LogP contribution in [0.2, 0.25) is 0 Å². The third kappa shape index (κ3) is 4.48. The van der Waals surface area contributed by atoms with Crippen LogP contribution in [0.15, 0.2) is 40.9 Å². The van der Waals surface area contributed by atoms with Crippen molar-refractivity contribution in [1.82, 2.24) is 0 Å². The first-order valence-corrected chi connectivity index (χ1v) is 8.19. The Morgan fingerprint density at radius 3 is 2.70 bits per heavy atom. The molecule has 2 rings (SSSR count). The second kappa shape index (κ2) is 8.02. The van der Waals surface area contributed by atoms with Crippen molar-refractivity contribution in [3.8, 4) is 5.75 Å². The van der Waals surface area contributed by atoms with Gasteiger partial charge in [0, 0.05) is 10.0 Å². The fraction of sp³-hybridized carbons (Fsp3) is 0.278. The van der Waals surface area contributed by atoms with Crippen LogP contribution in [0.4, 0.5) is 10.5 Å². The van der Waals surface area contributed by atoms with E-state index in [0.717, 1.165) is 27.8 Å². The molecular formula is C18H20BrNO3. The molecule has 4 nitrogen and oxygen atoms in total. The summed E-state index contributed by atoms with van der Waals surface area (Å²) in [5.74, 6) is 0.835. The first kappa shape index (κ1) is 17.3. The Bertz CT molecular complexity index is 701. The molecule has 5 heteroatoms. The second-order valence-corrected chi connectivity index (χ2v) is 5.98. The number of anilines is 1. The van der Waals surface area contributed by atoms with Gasteiger partial charge >= 0.3 is 6.09 Å². The summed E-state index contributed by atoms with van der Waals surface area (Å²) in [6, 6.07) is 11.7. The standard InChI is InChI=1S/C18H20BrNO3/c1-4-13-8-9-17(12(2)10-13)23-11-14-15(19)6-5-7-16(14)20-18(21)22-3/h5-10H,4,11H2,1-3H3,(H,20,21). The van der Waals surface area contributed by atoms with Crippen molar-refractivity contribution in [3.63, 3.8) is 0 Å². The number of hydrogen-bond donors (Lipinski definition) is 1. The Morgan fingerprint density at radius 2 is 2.04 bits per heavy atom. The predicted molar refractivity (Wildman–Crippen MR) is 95.1 cm³/mol. The highest BCUT2D eigenvalue weighted by Gasteiger charge is 2.11. The van der Waals surface area contributed by atoms with E-state index < -0.39 is 6.09 Å². The quantitative estimate of drug-likeness (QED) is 0.790. The maximum atomic E-state index is 11.5. The minimum atomic E-state index is -0.507. The van der Waals surface area contributed by atoms with Gasteiger partial charge in [0.05, 0.1) is 12.8 Å². The highest BCUT2D eigenvalue weighted by atomic mass is 79.9. The first-order chi connectivity index (χ1) is 11.0. The molecule has 122 valence electrons. The molecule has 0 heterocycles. The summed E-state index contributed by atoms with van der Waals surface area (Å²) in [5.41, 5.74) is 3.90. The number of rotatable bonds is 5. The van der Waals surface area contributed by atoms with E-state index in [1.54, 1.807) is 0 Å². The van der Waals surface area contributed by atoms with Crippen LogP contribution < -0.4 is 10.1 Å². The Hall–Kier alpha value is -2.01. The SMILES string of the molecule is CCc1ccc(OCc2c(Br)cccc2NC(=O)OC)c(C)c1. The summed E-state index contributed by atoms with van der Waals surface area (Å²) in [6.45, 7) is 4.50. The van der Waals surface area contributed by atoms with Gasteiger partial charge < -0.3 is 9.47 Å². The molecule has 0 unspecified atom stereocenters. The number of methoxy groups -OCH3 is 1. The Balaban J connectivity index is 2.18. The molecule has 0 aromatic heterocycles. The van der Waals surface area contributed by atoms with E-state index in [1.165, 1.54) is 12.7 Å². The smallest absolute Gasteiger partial charge is 0.411 e. The van der Waals surface area contributed by atoms with Crippen LogP contribution >= 0.6 is 15.9 Å². The van der Waals surface area contributed by atoms with Crippen molar-refractivity contribution >= 4 is 27.7 Å². The van der Waals surface area contributed by atoms with Crippen LogP contribution in [-0.4, -0.2) is 13.2 Å². The Kier molecular flexibility index (Phi) is 6.04. The molecule has 0 radical (unpaired) electrons. The zero-order valence-electron chi connectivity index (χ0n) is 13.5. The van der Waals surface area contributed by atoms with Crippen LogP contribution in [-0.2, 0) is 17.8 Å². The van der Waals surface area contributed by atoms with Crippen molar-refractivity contribution in [3.05, 3.63) is 57.6 Å². The first-order valence-electron chi connectivity index (χ1n) is 7.39. The molecule has 1 N–H and O–H groups in total. The monoisotopic (exact) mass is 377 g/mol. The van der Waals surface area contributed by atoms with Crippen molar-refractivity contribution in [2.75, 3.05) is 12.4 Å². The predicted octanol–water partition coefficient (Wildman–Crippen LogP) is 5.08. The summed E-state index contributed by atoms with van der Waals surface area (Å²) < 4.78 is 11.5. The lowest BCUT2D eigenvalue weighted by Gasteiger charge is -2.15. The van der Waals surface area contributed by atoms with Crippen molar-refractivity contribution < 1.29 is 14.3 Å². The number of nitrogens with one attached hydrogen (secondary N) is 1. The molecule has 0 saturated heterocycles. The van der Waals surface area contributed by atoms with Gasteiger partial charge in [0.1, 0.15) is 12.4 Å². The number of ether oxygens (including phenoxy) is 2. The molecule has 1 amide bonds. The normalized spacial score (nSPS) is 10.3. The molecule has 0 atom stereocenters. The lowest BCUT2D eigenvalue weighted by molar-refractivity contribution is 0.187. The molecule has 0 bridgehead atoms. The fourth-order valence-electron chi connectivity index (χ4n) is 2.23. The third-order valence-corrected chi connectivity index (χ3v) is 4.30. The molecule has 0 spiro atoms. The molecule has 0 fully saturated rings. The van der Waals surface area contributed by atoms with Gasteiger partial charge in [0.2, 0.25) is 0 Å². The van der Waals surface area contributed by atoms with Gasteiger partial charge in [-0.2, -0.15) is 0 Å². The maximum Gasteiger partial charge on any atom is 0.411 e. The fourth-order valence-corrected chi connectivity index (χ4v) is 2.71. The Labute approximate surface area is 144 Å². The summed E-state index contributed by atoms with van der Waals surface area (Å²) in [6.07, 6.45) is 0.492. The molecule has 2 aromatic carbocycles. The Morgan fingerprint density at radius 1 is 1.26 bits per heavy atom. The largest absolute Gasteiger partial charge is 0.489 e. The molecule has 0 aliphatic rings. The molecule has 0 aliphatic heterocycles. The zero-order valence-corrected chi connectivity index (χ0v) is 15.1. The third-order valence-electron chi connectivity index (χ3n) is 3.56. The molecule has 2 aromatic rings. The molecular weight excluding hydrogens is 358 g/mol. The van der Waals surface area contributed by atoms with Crippen molar-refractivity contribution in [2.45, 2.75) is 26.9 Å². The maximum absolute atomic E-state index is 11.5. The average Bonchev–Trinajstić information content (AvgIpc) is 2.55. The number of aryl methyl sites for hydroxylation is 2. The molecule has 0 saturated carbocycles. The van der Waals surface area contributed by atoms with Gasteiger partial charge in [0.25, 0.3) is 0 Å². The van der Waals surface area contributed by atoms with E-state index in [1.807, 2.05) is 31.2 Å². The number of hydrogen-bond acceptors (Lipinski definition) is 3. The summed E-state index contributed by atoms with van der Waals surface area (Å²) in [5, 5.41) is 2.70. The zero-order chi connectivity index (χ0) is 16.8. The van der Waals surface area contributed by atoms with Gasteiger partial charge in [0.15, 0.2) is 0 Å². The van der Waals surface area contributed by atoms with Crippen LogP contribution in [0.1, 0.15) is 23.6 Å². The number of amides is 1. The van der Waals surface area contributed by atoms with Gasteiger partial charge in [-0.15, -0.1) is 0 Å². The number of benzene rings is 2. The topological polar surface area (TPSA) is 47.6 Å². The molecule has 23 heavy (non-hydrogen) atoms. The van der Waals surface area contributed by atoms with Crippen LogP contribution in [0, 0.1) is 6.92 Å². The van der Waals surface area contributed by atoms with Gasteiger partial charge in [-0.25, -0.2) is 4.79 Å². The lowest BCUT2D eigenvalue weighted by atomic mass is 10.1. The van der Waals surface area contributed by atoms with Gasteiger partial charge in [-0.3, -0.25) is 5.32 Å². The summed E-state index contributed by atoms with van der Waals surface area (Å²) in [4.78, 5) is 11.5. The number of carbonyl (C=O) groups is 1. The van der Waals surface area contributed by atoms with Crippen LogP contribution in [0.3, 0.4) is 0 Å². The van der Waals surface area contributed by atoms with Gasteiger partial charge in [-0.05, 0) is 42.7 Å². The number of halogens is 1. The van der Waals surface area contributed by atoms with Crippen molar-refractivity contribution in [1.29, 1.82) is 0 Å². The molecule has 0 aliphatic carbocycles. The minimum Gasteiger partial charge on any atom is -0.489 e. The van der Waals surface area contributed by atoms with E-state index in [0.29, 0.717) is 12.3 Å². The van der Waals surface area contributed by atoms with Crippen molar-refractivity contribution in [2.24, 2.45) is 0 Å².